The Hall–Kier alpha value is -1.13. The smallest absolute Gasteiger partial charge is 0.134 e. The molecule has 0 aromatic carbocycles. The highest BCUT2D eigenvalue weighted by Crippen LogP contribution is 2.27. The third-order valence-electron chi connectivity index (χ3n) is 2.88. The molecule has 1 rings (SSSR count). The molecule has 0 unspecified atom stereocenters. The third-order valence-corrected chi connectivity index (χ3v) is 2.88. The molecule has 0 aliphatic rings. The Kier molecular flexibility index (Phi) is 3.88. The second-order valence-electron chi connectivity index (χ2n) is 4.62. The van der Waals surface area contributed by atoms with Crippen LogP contribution < -0.4 is 4.90 Å². The van der Waals surface area contributed by atoms with Gasteiger partial charge in [-0.3, -0.25) is 0 Å². The van der Waals surface area contributed by atoms with Gasteiger partial charge in [-0.25, -0.2) is 4.98 Å². The van der Waals surface area contributed by atoms with Gasteiger partial charge in [-0.15, -0.1) is 0 Å². The minimum absolute atomic E-state index is 0.0271. The standard InChI is InChI=1S/C12H20N2O2/c1-9(16)10-6-5-7-13-11(10)14(4)12(2,3)8-15/h5-7,9,15-16H,8H2,1-4H3/t9-/m1/s1. The van der Waals surface area contributed by atoms with Crippen LogP contribution in [0.15, 0.2) is 18.3 Å². The summed E-state index contributed by atoms with van der Waals surface area (Å²) < 4.78 is 0. The molecule has 0 saturated carbocycles. The molecule has 90 valence electrons. The SMILES string of the molecule is C[C@@H](O)c1cccnc1N(C)C(C)(C)CO. The van der Waals surface area contributed by atoms with E-state index >= 15 is 0 Å². The zero-order valence-electron chi connectivity index (χ0n) is 10.3. The van der Waals surface area contributed by atoms with Crippen LogP contribution in [-0.2, 0) is 0 Å². The Bertz CT molecular complexity index is 351. The van der Waals surface area contributed by atoms with Gasteiger partial charge in [-0.2, -0.15) is 0 Å². The number of hydrogen-bond donors (Lipinski definition) is 2. The lowest BCUT2D eigenvalue weighted by Crippen LogP contribution is -2.45. The van der Waals surface area contributed by atoms with Crippen molar-refractivity contribution in [2.45, 2.75) is 32.4 Å². The van der Waals surface area contributed by atoms with E-state index in [1.165, 1.54) is 0 Å². The average Bonchev–Trinajstić information content (AvgIpc) is 2.28. The van der Waals surface area contributed by atoms with Gasteiger partial charge >= 0.3 is 0 Å². The molecule has 4 heteroatoms. The van der Waals surface area contributed by atoms with Crippen LogP contribution in [0.5, 0.6) is 0 Å². The molecule has 0 aliphatic carbocycles. The van der Waals surface area contributed by atoms with Crippen LogP contribution in [-0.4, -0.2) is 34.4 Å². The van der Waals surface area contributed by atoms with Crippen LogP contribution in [0.1, 0.15) is 32.4 Å². The number of aliphatic hydroxyl groups excluding tert-OH is 2. The van der Waals surface area contributed by atoms with E-state index in [9.17, 15) is 10.2 Å². The van der Waals surface area contributed by atoms with Crippen LogP contribution in [0, 0.1) is 0 Å². The van der Waals surface area contributed by atoms with E-state index in [4.69, 9.17) is 0 Å². The molecule has 2 N–H and O–H groups in total. The molecule has 0 bridgehead atoms. The zero-order valence-corrected chi connectivity index (χ0v) is 10.3. The van der Waals surface area contributed by atoms with Gasteiger partial charge in [0.1, 0.15) is 5.82 Å². The maximum atomic E-state index is 9.66. The third kappa shape index (κ3) is 2.51. The van der Waals surface area contributed by atoms with Gasteiger partial charge in [0.05, 0.1) is 18.2 Å². The first-order chi connectivity index (χ1) is 7.40. The van der Waals surface area contributed by atoms with E-state index in [2.05, 4.69) is 4.98 Å². The first-order valence-electron chi connectivity index (χ1n) is 5.38. The van der Waals surface area contributed by atoms with Crippen LogP contribution >= 0.6 is 0 Å². The zero-order chi connectivity index (χ0) is 12.3. The van der Waals surface area contributed by atoms with Crippen molar-refractivity contribution < 1.29 is 10.2 Å². The van der Waals surface area contributed by atoms with Crippen LogP contribution in [0.25, 0.3) is 0 Å². The fourth-order valence-electron chi connectivity index (χ4n) is 1.41. The van der Waals surface area contributed by atoms with Crippen LogP contribution in [0.4, 0.5) is 5.82 Å². The summed E-state index contributed by atoms with van der Waals surface area (Å²) >= 11 is 0. The summed E-state index contributed by atoms with van der Waals surface area (Å²) in [5, 5.41) is 19.0. The number of pyridine rings is 1. The normalized spacial score (nSPS) is 13.6. The van der Waals surface area contributed by atoms with E-state index in [1.807, 2.05) is 31.9 Å². The van der Waals surface area contributed by atoms with Crippen molar-refractivity contribution in [1.82, 2.24) is 4.98 Å². The fraction of sp³-hybridized carbons (Fsp3) is 0.583. The summed E-state index contributed by atoms with van der Waals surface area (Å²) in [6.45, 7) is 5.58. The number of rotatable bonds is 4. The highest BCUT2D eigenvalue weighted by molar-refractivity contribution is 5.49. The molecule has 0 spiro atoms. The van der Waals surface area contributed by atoms with Gasteiger partial charge in [-0.05, 0) is 26.8 Å². The van der Waals surface area contributed by atoms with E-state index in [0.29, 0.717) is 5.82 Å². The molecule has 1 atom stereocenters. The summed E-state index contributed by atoms with van der Waals surface area (Å²) in [6.07, 6.45) is 1.12. The topological polar surface area (TPSA) is 56.6 Å². The molecule has 0 saturated heterocycles. The van der Waals surface area contributed by atoms with Crippen molar-refractivity contribution in [2.75, 3.05) is 18.6 Å². The lowest BCUT2D eigenvalue weighted by molar-refractivity contribution is 0.195. The van der Waals surface area contributed by atoms with Crippen molar-refractivity contribution in [3.63, 3.8) is 0 Å². The predicted molar refractivity (Wildman–Crippen MR) is 64.4 cm³/mol. The van der Waals surface area contributed by atoms with Crippen LogP contribution in [0.2, 0.25) is 0 Å². The van der Waals surface area contributed by atoms with Crippen molar-refractivity contribution in [3.8, 4) is 0 Å². The number of aliphatic hydroxyl groups is 2. The fourth-order valence-corrected chi connectivity index (χ4v) is 1.41. The average molecular weight is 224 g/mol. The number of likely N-dealkylation sites (N-methyl/N-ethyl adjacent to an activating group) is 1. The Morgan fingerprint density at radius 1 is 1.50 bits per heavy atom. The molecule has 1 heterocycles. The summed E-state index contributed by atoms with van der Waals surface area (Å²) in [5.41, 5.74) is 0.365. The molecule has 1 aromatic rings. The number of hydrogen-bond acceptors (Lipinski definition) is 4. The molecule has 0 aliphatic heterocycles. The van der Waals surface area contributed by atoms with Crippen LogP contribution in [0.3, 0.4) is 0 Å². The van der Waals surface area contributed by atoms with Gasteiger partial charge in [0.25, 0.3) is 0 Å². The van der Waals surface area contributed by atoms with Crippen molar-refractivity contribution in [3.05, 3.63) is 23.9 Å². The van der Waals surface area contributed by atoms with Crippen molar-refractivity contribution in [2.24, 2.45) is 0 Å². The molecule has 16 heavy (non-hydrogen) atoms. The number of nitrogens with zero attached hydrogens (tertiary/aromatic N) is 2. The molecule has 0 amide bonds. The number of anilines is 1. The summed E-state index contributed by atoms with van der Waals surface area (Å²) in [7, 11) is 1.87. The maximum Gasteiger partial charge on any atom is 0.134 e. The maximum absolute atomic E-state index is 9.66. The second-order valence-corrected chi connectivity index (χ2v) is 4.62. The quantitative estimate of drug-likeness (QED) is 0.810. The summed E-state index contributed by atoms with van der Waals surface area (Å²) in [4.78, 5) is 6.15. The predicted octanol–water partition coefficient (Wildman–Crippen LogP) is 1.34. The molecule has 4 nitrogen and oxygen atoms in total. The number of aromatic nitrogens is 1. The Morgan fingerprint density at radius 2 is 2.12 bits per heavy atom. The van der Waals surface area contributed by atoms with Gasteiger partial charge in [-0.1, -0.05) is 6.07 Å². The Morgan fingerprint density at radius 3 is 2.62 bits per heavy atom. The molecular weight excluding hydrogens is 204 g/mol. The van der Waals surface area contributed by atoms with Gasteiger partial charge in [0.15, 0.2) is 0 Å². The largest absolute Gasteiger partial charge is 0.394 e. The highest BCUT2D eigenvalue weighted by atomic mass is 16.3. The molecular formula is C12H20N2O2. The highest BCUT2D eigenvalue weighted by Gasteiger charge is 2.26. The van der Waals surface area contributed by atoms with Crippen molar-refractivity contribution >= 4 is 5.82 Å². The Balaban J connectivity index is 3.13. The van der Waals surface area contributed by atoms with Crippen molar-refractivity contribution in [1.29, 1.82) is 0 Å². The molecule has 0 radical (unpaired) electrons. The van der Waals surface area contributed by atoms with Gasteiger partial charge in [0.2, 0.25) is 0 Å². The van der Waals surface area contributed by atoms with Gasteiger partial charge < -0.3 is 15.1 Å². The van der Waals surface area contributed by atoms with E-state index in [1.54, 1.807) is 19.2 Å². The Labute approximate surface area is 96.6 Å². The van der Waals surface area contributed by atoms with E-state index < -0.39 is 11.6 Å². The van der Waals surface area contributed by atoms with Gasteiger partial charge in [0, 0.05) is 18.8 Å². The monoisotopic (exact) mass is 224 g/mol. The molecule has 1 aromatic heterocycles. The lowest BCUT2D eigenvalue weighted by Gasteiger charge is -2.36. The minimum Gasteiger partial charge on any atom is -0.394 e. The second kappa shape index (κ2) is 4.80. The minimum atomic E-state index is -0.569. The van der Waals surface area contributed by atoms with E-state index in [0.717, 1.165) is 5.56 Å². The lowest BCUT2D eigenvalue weighted by atomic mass is 10.0. The first kappa shape index (κ1) is 12.9. The van der Waals surface area contributed by atoms with E-state index in [-0.39, 0.29) is 6.61 Å². The summed E-state index contributed by atoms with van der Waals surface area (Å²) in [5.74, 6) is 0.705. The summed E-state index contributed by atoms with van der Waals surface area (Å²) in [6, 6.07) is 3.64. The molecule has 0 fully saturated rings. The first-order valence-corrected chi connectivity index (χ1v) is 5.38.